The van der Waals surface area contributed by atoms with Crippen molar-refractivity contribution >= 4 is 5.97 Å². The van der Waals surface area contributed by atoms with Gasteiger partial charge in [0.1, 0.15) is 29.8 Å². The molecule has 0 spiro atoms. The first-order chi connectivity index (χ1) is 9.60. The van der Waals surface area contributed by atoms with Crippen LogP contribution in [0.4, 0.5) is 4.39 Å². The van der Waals surface area contributed by atoms with E-state index in [2.05, 4.69) is 11.8 Å². The second-order valence-corrected chi connectivity index (χ2v) is 4.64. The van der Waals surface area contributed by atoms with Crippen molar-refractivity contribution in [1.82, 2.24) is 4.90 Å². The molecule has 1 heterocycles. The number of morpholine rings is 1. The third-order valence-corrected chi connectivity index (χ3v) is 3.27. The monoisotopic (exact) mass is 283 g/mol. The fourth-order valence-corrected chi connectivity index (χ4v) is 2.15. The van der Waals surface area contributed by atoms with Crippen LogP contribution in [0.15, 0.2) is 18.2 Å². The molecule has 0 saturated carbocycles. The Morgan fingerprint density at radius 3 is 3.10 bits per heavy atom. The molecule has 1 aliphatic rings. The number of likely N-dealkylation sites (N-methyl/N-ethyl adjacent to an activating group) is 1. The number of halogens is 1. The van der Waals surface area contributed by atoms with Crippen molar-refractivity contribution in [2.75, 3.05) is 32.8 Å². The van der Waals surface area contributed by atoms with Crippen molar-refractivity contribution < 1.29 is 23.8 Å². The van der Waals surface area contributed by atoms with E-state index in [-0.39, 0.29) is 24.0 Å². The first-order valence-electron chi connectivity index (χ1n) is 6.59. The standard InChI is InChI=1S/C14H18FNO4/c1-2-16-5-6-19-11(8-16)9-20-13-4-3-10(15)7-12(13)14(17)18/h3-4,7,11H,2,5-6,8-9H2,1H3,(H,17,18). The molecular weight excluding hydrogens is 265 g/mol. The summed E-state index contributed by atoms with van der Waals surface area (Å²) in [4.78, 5) is 13.3. The lowest BCUT2D eigenvalue weighted by molar-refractivity contribution is -0.0465. The summed E-state index contributed by atoms with van der Waals surface area (Å²) in [6.07, 6.45) is -0.101. The molecule has 1 unspecified atom stereocenters. The smallest absolute Gasteiger partial charge is 0.339 e. The first kappa shape index (κ1) is 14.7. The largest absolute Gasteiger partial charge is 0.490 e. The minimum atomic E-state index is -1.21. The summed E-state index contributed by atoms with van der Waals surface area (Å²) in [6.45, 7) is 5.55. The number of hydrogen-bond acceptors (Lipinski definition) is 4. The van der Waals surface area contributed by atoms with E-state index in [0.29, 0.717) is 6.61 Å². The van der Waals surface area contributed by atoms with Gasteiger partial charge >= 0.3 is 5.97 Å². The summed E-state index contributed by atoms with van der Waals surface area (Å²) in [5.74, 6) is -1.64. The Balaban J connectivity index is 1.98. The van der Waals surface area contributed by atoms with E-state index in [9.17, 15) is 9.18 Å². The van der Waals surface area contributed by atoms with Gasteiger partial charge in [-0.2, -0.15) is 0 Å². The van der Waals surface area contributed by atoms with Gasteiger partial charge < -0.3 is 14.6 Å². The van der Waals surface area contributed by atoms with Gasteiger partial charge in [-0.15, -0.1) is 0 Å². The van der Waals surface area contributed by atoms with Gasteiger partial charge in [0.2, 0.25) is 0 Å². The molecule has 1 aromatic rings. The molecule has 1 aromatic carbocycles. The van der Waals surface area contributed by atoms with Gasteiger partial charge in [0.15, 0.2) is 0 Å². The Hall–Kier alpha value is -1.66. The van der Waals surface area contributed by atoms with Gasteiger partial charge in [-0.1, -0.05) is 6.92 Å². The molecule has 0 radical (unpaired) electrons. The summed E-state index contributed by atoms with van der Waals surface area (Å²) in [7, 11) is 0. The predicted octanol–water partition coefficient (Wildman–Crippen LogP) is 1.62. The fourth-order valence-electron chi connectivity index (χ4n) is 2.15. The maximum atomic E-state index is 13.0. The molecule has 1 saturated heterocycles. The number of nitrogens with zero attached hydrogens (tertiary/aromatic N) is 1. The number of hydrogen-bond donors (Lipinski definition) is 1. The maximum absolute atomic E-state index is 13.0. The molecule has 0 bridgehead atoms. The Labute approximate surface area is 116 Å². The van der Waals surface area contributed by atoms with Crippen LogP contribution in [0.2, 0.25) is 0 Å². The van der Waals surface area contributed by atoms with Crippen LogP contribution >= 0.6 is 0 Å². The van der Waals surface area contributed by atoms with E-state index in [1.54, 1.807) is 0 Å². The number of aromatic carboxylic acids is 1. The van der Waals surface area contributed by atoms with E-state index in [1.165, 1.54) is 12.1 Å². The van der Waals surface area contributed by atoms with E-state index >= 15 is 0 Å². The Morgan fingerprint density at radius 1 is 1.60 bits per heavy atom. The number of benzene rings is 1. The number of ether oxygens (including phenoxy) is 2. The number of rotatable bonds is 5. The van der Waals surface area contributed by atoms with E-state index in [1.807, 2.05) is 0 Å². The molecule has 1 atom stereocenters. The highest BCUT2D eigenvalue weighted by Crippen LogP contribution is 2.20. The minimum absolute atomic E-state index is 0.101. The van der Waals surface area contributed by atoms with Crippen molar-refractivity contribution in [3.05, 3.63) is 29.6 Å². The van der Waals surface area contributed by atoms with Crippen LogP contribution in [0.3, 0.4) is 0 Å². The molecule has 1 aliphatic heterocycles. The van der Waals surface area contributed by atoms with Gasteiger partial charge in [-0.05, 0) is 24.7 Å². The lowest BCUT2D eigenvalue weighted by atomic mass is 10.2. The van der Waals surface area contributed by atoms with Crippen molar-refractivity contribution in [3.8, 4) is 5.75 Å². The quantitative estimate of drug-likeness (QED) is 0.890. The normalized spacial score (nSPS) is 19.8. The lowest BCUT2D eigenvalue weighted by Crippen LogP contribution is -2.44. The number of carboxylic acids is 1. The summed E-state index contributed by atoms with van der Waals surface area (Å²) in [6, 6.07) is 3.47. The van der Waals surface area contributed by atoms with Crippen LogP contribution in [-0.4, -0.2) is 54.9 Å². The van der Waals surface area contributed by atoms with Gasteiger partial charge in [0, 0.05) is 13.1 Å². The summed E-state index contributed by atoms with van der Waals surface area (Å²) >= 11 is 0. The highest BCUT2D eigenvalue weighted by Gasteiger charge is 2.21. The van der Waals surface area contributed by atoms with Gasteiger partial charge in [0.25, 0.3) is 0 Å². The van der Waals surface area contributed by atoms with Crippen molar-refractivity contribution in [2.45, 2.75) is 13.0 Å². The summed E-state index contributed by atoms with van der Waals surface area (Å²) in [5.41, 5.74) is -0.173. The third kappa shape index (κ3) is 3.68. The van der Waals surface area contributed by atoms with Crippen molar-refractivity contribution in [2.24, 2.45) is 0 Å². The molecule has 0 aliphatic carbocycles. The number of carboxylic acid groups (broad SMARTS) is 1. The average molecular weight is 283 g/mol. The fraction of sp³-hybridized carbons (Fsp3) is 0.500. The van der Waals surface area contributed by atoms with Gasteiger partial charge in [0.05, 0.1) is 6.61 Å². The lowest BCUT2D eigenvalue weighted by Gasteiger charge is -2.31. The third-order valence-electron chi connectivity index (χ3n) is 3.27. The van der Waals surface area contributed by atoms with Crippen LogP contribution < -0.4 is 4.74 Å². The molecule has 6 heteroatoms. The van der Waals surface area contributed by atoms with E-state index < -0.39 is 11.8 Å². The number of carbonyl (C=O) groups is 1. The predicted molar refractivity (Wildman–Crippen MR) is 70.7 cm³/mol. The van der Waals surface area contributed by atoms with Crippen LogP contribution in [0.25, 0.3) is 0 Å². The molecule has 20 heavy (non-hydrogen) atoms. The molecule has 0 amide bonds. The summed E-state index contributed by atoms with van der Waals surface area (Å²) in [5, 5.41) is 9.02. The zero-order valence-electron chi connectivity index (χ0n) is 11.3. The van der Waals surface area contributed by atoms with Crippen molar-refractivity contribution in [3.63, 3.8) is 0 Å². The molecule has 2 rings (SSSR count). The summed E-state index contributed by atoms with van der Waals surface area (Å²) < 4.78 is 24.1. The van der Waals surface area contributed by atoms with Gasteiger partial charge in [-0.3, -0.25) is 4.90 Å². The molecular formula is C14H18FNO4. The SMILES string of the molecule is CCN1CCOC(COc2ccc(F)cc2C(=O)O)C1. The highest BCUT2D eigenvalue weighted by molar-refractivity contribution is 5.90. The van der Waals surface area contributed by atoms with E-state index in [0.717, 1.165) is 25.7 Å². The second kappa shape index (κ2) is 6.67. The van der Waals surface area contributed by atoms with Crippen LogP contribution in [0.5, 0.6) is 5.75 Å². The average Bonchev–Trinajstić information content (AvgIpc) is 2.46. The Bertz CT molecular complexity index is 480. The Kier molecular flexibility index (Phi) is 4.92. The van der Waals surface area contributed by atoms with Crippen molar-refractivity contribution in [1.29, 1.82) is 0 Å². The molecule has 1 fully saturated rings. The van der Waals surface area contributed by atoms with Crippen LogP contribution in [0.1, 0.15) is 17.3 Å². The topological polar surface area (TPSA) is 59.0 Å². The molecule has 1 N–H and O–H groups in total. The zero-order chi connectivity index (χ0) is 14.5. The Morgan fingerprint density at radius 2 is 2.40 bits per heavy atom. The van der Waals surface area contributed by atoms with E-state index in [4.69, 9.17) is 14.6 Å². The van der Waals surface area contributed by atoms with Crippen LogP contribution in [-0.2, 0) is 4.74 Å². The van der Waals surface area contributed by atoms with Crippen LogP contribution in [0, 0.1) is 5.82 Å². The maximum Gasteiger partial charge on any atom is 0.339 e. The highest BCUT2D eigenvalue weighted by atomic mass is 19.1. The molecule has 110 valence electrons. The molecule has 0 aromatic heterocycles. The zero-order valence-corrected chi connectivity index (χ0v) is 11.3. The minimum Gasteiger partial charge on any atom is -0.490 e. The van der Waals surface area contributed by atoms with Gasteiger partial charge in [-0.25, -0.2) is 9.18 Å². The second-order valence-electron chi connectivity index (χ2n) is 4.64. The first-order valence-corrected chi connectivity index (χ1v) is 6.59. The molecule has 5 nitrogen and oxygen atoms in total.